The lowest BCUT2D eigenvalue weighted by molar-refractivity contribution is 0.423. The molecule has 0 aliphatic carbocycles. The maximum Gasteiger partial charge on any atom is 0.237 e. The minimum Gasteiger partial charge on any atom is -0.434 e. The predicted molar refractivity (Wildman–Crippen MR) is 66.0 cm³/mol. The van der Waals surface area contributed by atoms with Crippen LogP contribution in [0.15, 0.2) is 30.6 Å². The molecule has 1 aromatic heterocycles. The second kappa shape index (κ2) is 5.55. The minimum absolute atomic E-state index is 0.158. The number of hydrogen-bond acceptors (Lipinski definition) is 4. The molecule has 18 heavy (non-hydrogen) atoms. The maximum absolute atomic E-state index is 13.7. The molecule has 1 aromatic carbocycles. The molecule has 0 atom stereocenters. The number of aromatic nitrogens is 2. The Hall–Kier alpha value is -2.01. The van der Waals surface area contributed by atoms with Crippen LogP contribution in [0.4, 0.5) is 4.39 Å². The van der Waals surface area contributed by atoms with Gasteiger partial charge in [-0.15, -0.1) is 0 Å². The number of nitrogens with zero attached hydrogens (tertiary/aromatic N) is 2. The number of halogens is 1. The van der Waals surface area contributed by atoms with Crippen molar-refractivity contribution in [3.63, 3.8) is 0 Å². The van der Waals surface area contributed by atoms with Gasteiger partial charge >= 0.3 is 0 Å². The van der Waals surface area contributed by atoms with E-state index in [1.807, 2.05) is 7.05 Å². The predicted octanol–water partition coefficient (Wildman–Crippen LogP) is 2.44. The smallest absolute Gasteiger partial charge is 0.237 e. The van der Waals surface area contributed by atoms with Crippen LogP contribution >= 0.6 is 0 Å². The van der Waals surface area contributed by atoms with Gasteiger partial charge in [0.2, 0.25) is 5.88 Å². The summed E-state index contributed by atoms with van der Waals surface area (Å²) >= 11 is 0. The Bertz CT molecular complexity index is 528. The van der Waals surface area contributed by atoms with Crippen molar-refractivity contribution >= 4 is 0 Å². The normalized spacial score (nSPS) is 10.4. The van der Waals surface area contributed by atoms with Crippen LogP contribution in [0.2, 0.25) is 0 Å². The second-order valence-corrected chi connectivity index (χ2v) is 3.87. The Morgan fingerprint density at radius 2 is 2.11 bits per heavy atom. The highest BCUT2D eigenvalue weighted by Crippen LogP contribution is 2.24. The van der Waals surface area contributed by atoms with Gasteiger partial charge in [-0.2, -0.15) is 0 Å². The average Bonchev–Trinajstić information content (AvgIpc) is 2.38. The van der Waals surface area contributed by atoms with E-state index in [0.717, 1.165) is 5.69 Å². The fourth-order valence-electron chi connectivity index (χ4n) is 1.48. The summed E-state index contributed by atoms with van der Waals surface area (Å²) in [5, 5.41) is 2.97. The molecule has 0 amide bonds. The Kier molecular flexibility index (Phi) is 3.84. The number of ether oxygens (including phenoxy) is 1. The van der Waals surface area contributed by atoms with Crippen LogP contribution in [0.1, 0.15) is 11.3 Å². The zero-order chi connectivity index (χ0) is 13.0. The van der Waals surface area contributed by atoms with Crippen LogP contribution in [-0.4, -0.2) is 17.0 Å². The Labute approximate surface area is 105 Å². The van der Waals surface area contributed by atoms with Crippen molar-refractivity contribution in [2.75, 3.05) is 7.05 Å². The fraction of sp³-hybridized carbons (Fsp3) is 0.231. The molecule has 0 aliphatic heterocycles. The van der Waals surface area contributed by atoms with Gasteiger partial charge < -0.3 is 10.1 Å². The Morgan fingerprint density at radius 3 is 2.78 bits per heavy atom. The van der Waals surface area contributed by atoms with Gasteiger partial charge in [-0.05, 0) is 25.6 Å². The molecule has 0 unspecified atom stereocenters. The molecule has 1 heterocycles. The van der Waals surface area contributed by atoms with Gasteiger partial charge in [0.15, 0.2) is 11.6 Å². The van der Waals surface area contributed by atoms with Crippen molar-refractivity contribution in [1.82, 2.24) is 15.3 Å². The highest BCUT2D eigenvalue weighted by molar-refractivity contribution is 5.32. The number of hydrogen-bond donors (Lipinski definition) is 1. The summed E-state index contributed by atoms with van der Waals surface area (Å²) in [6.07, 6.45) is 3.08. The van der Waals surface area contributed by atoms with Crippen molar-refractivity contribution in [1.29, 1.82) is 0 Å². The molecule has 0 aliphatic rings. The summed E-state index contributed by atoms with van der Waals surface area (Å²) < 4.78 is 19.1. The van der Waals surface area contributed by atoms with E-state index >= 15 is 0 Å². The molecule has 0 fully saturated rings. The molecule has 0 bridgehead atoms. The lowest BCUT2D eigenvalue weighted by Crippen LogP contribution is -2.07. The van der Waals surface area contributed by atoms with Crippen molar-refractivity contribution in [2.45, 2.75) is 13.5 Å². The maximum atomic E-state index is 13.7. The molecule has 2 aromatic rings. The molecule has 2 rings (SSSR count). The quantitative estimate of drug-likeness (QED) is 0.901. The first-order valence-electron chi connectivity index (χ1n) is 5.59. The summed E-state index contributed by atoms with van der Waals surface area (Å²) in [6, 6.07) is 4.98. The van der Waals surface area contributed by atoms with E-state index < -0.39 is 0 Å². The lowest BCUT2D eigenvalue weighted by atomic mass is 10.2. The summed E-state index contributed by atoms with van der Waals surface area (Å²) in [5.74, 6) is 0.0589. The molecular formula is C13H14FN3O. The molecule has 0 spiro atoms. The summed E-state index contributed by atoms with van der Waals surface area (Å²) in [7, 11) is 1.83. The Balaban J connectivity index is 2.16. The average molecular weight is 247 g/mol. The van der Waals surface area contributed by atoms with Crippen LogP contribution in [0, 0.1) is 12.7 Å². The minimum atomic E-state index is -0.376. The van der Waals surface area contributed by atoms with E-state index in [4.69, 9.17) is 4.74 Å². The number of benzene rings is 1. The van der Waals surface area contributed by atoms with E-state index in [1.165, 1.54) is 6.20 Å². The number of aryl methyl sites for hydroxylation is 1. The molecular weight excluding hydrogens is 233 g/mol. The largest absolute Gasteiger partial charge is 0.434 e. The highest BCUT2D eigenvalue weighted by Gasteiger charge is 2.07. The zero-order valence-electron chi connectivity index (χ0n) is 10.3. The monoisotopic (exact) mass is 247 g/mol. The van der Waals surface area contributed by atoms with Gasteiger partial charge in [0.05, 0.1) is 18.1 Å². The van der Waals surface area contributed by atoms with E-state index in [9.17, 15) is 4.39 Å². The Morgan fingerprint density at radius 1 is 1.28 bits per heavy atom. The van der Waals surface area contributed by atoms with Gasteiger partial charge in [-0.3, -0.25) is 4.98 Å². The summed E-state index contributed by atoms with van der Waals surface area (Å²) in [6.45, 7) is 2.32. The van der Waals surface area contributed by atoms with Crippen LogP contribution in [-0.2, 0) is 6.54 Å². The first-order chi connectivity index (χ1) is 8.70. The first-order valence-corrected chi connectivity index (χ1v) is 5.59. The van der Waals surface area contributed by atoms with Crippen LogP contribution in [0.25, 0.3) is 0 Å². The van der Waals surface area contributed by atoms with Gasteiger partial charge in [0.25, 0.3) is 0 Å². The van der Waals surface area contributed by atoms with Gasteiger partial charge in [-0.1, -0.05) is 12.1 Å². The standard InChI is InChI=1S/C13H14FN3O/c1-9-4-3-5-11(13(9)14)18-12-8-16-10(6-15-2)7-17-12/h3-5,7-8,15H,6H2,1-2H3. The molecule has 0 saturated carbocycles. The van der Waals surface area contributed by atoms with Crippen LogP contribution < -0.4 is 10.1 Å². The SMILES string of the molecule is CNCc1cnc(Oc2cccc(C)c2F)cn1. The molecule has 0 saturated heterocycles. The van der Waals surface area contributed by atoms with Crippen molar-refractivity contribution < 1.29 is 9.13 Å². The number of nitrogens with one attached hydrogen (secondary N) is 1. The second-order valence-electron chi connectivity index (χ2n) is 3.87. The summed E-state index contributed by atoms with van der Waals surface area (Å²) in [5.41, 5.74) is 1.34. The third-order valence-electron chi connectivity index (χ3n) is 2.41. The van der Waals surface area contributed by atoms with Crippen LogP contribution in [0.5, 0.6) is 11.6 Å². The third kappa shape index (κ3) is 2.81. The molecule has 5 heteroatoms. The topological polar surface area (TPSA) is 47.0 Å². The van der Waals surface area contributed by atoms with Crippen LogP contribution in [0.3, 0.4) is 0 Å². The van der Waals surface area contributed by atoms with E-state index in [1.54, 1.807) is 31.3 Å². The van der Waals surface area contributed by atoms with E-state index in [0.29, 0.717) is 12.1 Å². The number of rotatable bonds is 4. The molecule has 4 nitrogen and oxygen atoms in total. The van der Waals surface area contributed by atoms with Crippen molar-refractivity contribution in [2.24, 2.45) is 0 Å². The van der Waals surface area contributed by atoms with E-state index in [-0.39, 0.29) is 17.4 Å². The van der Waals surface area contributed by atoms with E-state index in [2.05, 4.69) is 15.3 Å². The lowest BCUT2D eigenvalue weighted by Gasteiger charge is -2.07. The molecule has 94 valence electrons. The highest BCUT2D eigenvalue weighted by atomic mass is 19.1. The summed E-state index contributed by atoms with van der Waals surface area (Å²) in [4.78, 5) is 8.22. The molecule has 0 radical (unpaired) electrons. The van der Waals surface area contributed by atoms with Gasteiger partial charge in [-0.25, -0.2) is 9.37 Å². The first kappa shape index (κ1) is 12.4. The fourth-order valence-corrected chi connectivity index (χ4v) is 1.48. The van der Waals surface area contributed by atoms with Gasteiger partial charge in [0, 0.05) is 6.54 Å². The third-order valence-corrected chi connectivity index (χ3v) is 2.41. The zero-order valence-corrected chi connectivity index (χ0v) is 10.3. The van der Waals surface area contributed by atoms with Crippen molar-refractivity contribution in [3.8, 4) is 11.6 Å². The van der Waals surface area contributed by atoms with Gasteiger partial charge in [0.1, 0.15) is 0 Å². The van der Waals surface area contributed by atoms with Crippen molar-refractivity contribution in [3.05, 3.63) is 47.7 Å². The molecule has 1 N–H and O–H groups in total.